The number of nitrogens with zero attached hydrogens (tertiary/aromatic N) is 1. The Morgan fingerprint density at radius 2 is 2.04 bits per heavy atom. The summed E-state index contributed by atoms with van der Waals surface area (Å²) in [7, 11) is 0. The van der Waals surface area contributed by atoms with Crippen LogP contribution in [0.4, 0.5) is 4.79 Å². The first-order valence-electron chi connectivity index (χ1n) is 7.42. The fraction of sp³-hybridized carbons (Fsp3) is 0.250. The molecular weight excluding hydrogens is 312 g/mol. The summed E-state index contributed by atoms with van der Waals surface area (Å²) in [6.45, 7) is 2.18. The quantitative estimate of drug-likeness (QED) is 0.705. The lowest BCUT2D eigenvalue weighted by molar-refractivity contribution is -0.126. The van der Waals surface area contributed by atoms with Gasteiger partial charge in [-0.2, -0.15) is 0 Å². The van der Waals surface area contributed by atoms with Crippen LogP contribution in [0, 0.1) is 6.92 Å². The van der Waals surface area contributed by atoms with Crippen LogP contribution in [-0.2, 0) is 16.1 Å². The molecule has 0 saturated carbocycles. The fourth-order valence-corrected chi connectivity index (χ4v) is 2.30. The number of urea groups is 1. The van der Waals surface area contributed by atoms with E-state index >= 15 is 0 Å². The maximum absolute atomic E-state index is 11.8. The molecule has 1 aliphatic rings. The zero-order valence-electron chi connectivity index (χ0n) is 13.0. The highest BCUT2D eigenvalue weighted by atomic mass is 16.5. The Hall–Kier alpha value is -3.16. The zero-order chi connectivity index (χ0) is 17.1. The molecule has 0 spiro atoms. The van der Waals surface area contributed by atoms with E-state index in [1.165, 1.54) is 0 Å². The second-order valence-corrected chi connectivity index (χ2v) is 5.54. The highest BCUT2D eigenvalue weighted by Crippen LogP contribution is 2.20. The van der Waals surface area contributed by atoms with Crippen molar-refractivity contribution in [3.8, 4) is 11.3 Å². The van der Waals surface area contributed by atoms with Gasteiger partial charge in [-0.25, -0.2) is 4.79 Å². The molecule has 1 aliphatic heterocycles. The molecule has 0 aliphatic carbocycles. The molecule has 4 amide bonds. The second kappa shape index (κ2) is 6.53. The smallest absolute Gasteiger partial charge is 0.322 e. The van der Waals surface area contributed by atoms with Crippen LogP contribution in [0.3, 0.4) is 0 Å². The van der Waals surface area contributed by atoms with E-state index in [0.29, 0.717) is 11.5 Å². The van der Waals surface area contributed by atoms with Gasteiger partial charge >= 0.3 is 6.03 Å². The Bertz CT molecular complexity index is 782. The van der Waals surface area contributed by atoms with Crippen LogP contribution in [0.2, 0.25) is 0 Å². The lowest BCUT2D eigenvalue weighted by atomic mass is 10.1. The summed E-state index contributed by atoms with van der Waals surface area (Å²) in [5.74, 6) is -0.253. The molecule has 0 bridgehead atoms. The number of imide groups is 1. The standard InChI is InChI=1S/C16H16N4O4/c1-9-2-4-10(5-3-9)13-6-11(20-24-13)8-17-14(21)7-12-15(22)19-16(23)18-12/h2-6,12H,7-8H2,1H3,(H,17,21)(H2,18,19,22,23)/t12-/m0/s1. The molecule has 124 valence electrons. The molecule has 8 heteroatoms. The van der Waals surface area contributed by atoms with Gasteiger partial charge in [-0.05, 0) is 6.92 Å². The summed E-state index contributed by atoms with van der Waals surface area (Å²) in [6, 6.07) is 8.13. The van der Waals surface area contributed by atoms with Gasteiger partial charge in [0.15, 0.2) is 5.76 Å². The summed E-state index contributed by atoms with van der Waals surface area (Å²) < 4.78 is 5.27. The van der Waals surface area contributed by atoms with E-state index in [0.717, 1.165) is 11.1 Å². The summed E-state index contributed by atoms with van der Waals surface area (Å²) >= 11 is 0. The normalized spacial score (nSPS) is 16.6. The molecule has 1 saturated heterocycles. The first-order valence-corrected chi connectivity index (χ1v) is 7.42. The lowest BCUT2D eigenvalue weighted by Gasteiger charge is -2.06. The van der Waals surface area contributed by atoms with Crippen molar-refractivity contribution >= 4 is 17.8 Å². The predicted octanol–water partition coefficient (Wildman–Crippen LogP) is 0.864. The van der Waals surface area contributed by atoms with Gasteiger partial charge in [-0.3, -0.25) is 14.9 Å². The monoisotopic (exact) mass is 328 g/mol. The lowest BCUT2D eigenvalue weighted by Crippen LogP contribution is -2.36. The van der Waals surface area contributed by atoms with Gasteiger partial charge < -0.3 is 15.2 Å². The van der Waals surface area contributed by atoms with Crippen LogP contribution >= 0.6 is 0 Å². The minimum atomic E-state index is -0.835. The Morgan fingerprint density at radius 1 is 1.29 bits per heavy atom. The SMILES string of the molecule is Cc1ccc(-c2cc(CNC(=O)C[C@@H]3NC(=O)NC3=O)no2)cc1. The van der Waals surface area contributed by atoms with E-state index in [4.69, 9.17) is 4.52 Å². The fourth-order valence-electron chi connectivity index (χ4n) is 2.30. The van der Waals surface area contributed by atoms with Gasteiger partial charge in [0, 0.05) is 11.6 Å². The molecule has 2 aromatic rings. The van der Waals surface area contributed by atoms with E-state index in [2.05, 4.69) is 21.1 Å². The maximum atomic E-state index is 11.8. The first-order chi connectivity index (χ1) is 11.5. The van der Waals surface area contributed by atoms with E-state index in [9.17, 15) is 14.4 Å². The first kappa shape index (κ1) is 15.7. The maximum Gasteiger partial charge on any atom is 0.322 e. The summed E-state index contributed by atoms with van der Waals surface area (Å²) in [5, 5.41) is 11.0. The Morgan fingerprint density at radius 3 is 2.71 bits per heavy atom. The predicted molar refractivity (Wildman–Crippen MR) is 83.6 cm³/mol. The average Bonchev–Trinajstić information content (AvgIpc) is 3.13. The van der Waals surface area contributed by atoms with E-state index in [1.807, 2.05) is 31.2 Å². The van der Waals surface area contributed by atoms with Crippen LogP contribution in [-0.4, -0.2) is 29.0 Å². The van der Waals surface area contributed by atoms with Gasteiger partial charge in [0.05, 0.1) is 13.0 Å². The molecule has 1 aromatic carbocycles. The highest BCUT2D eigenvalue weighted by molar-refractivity contribution is 6.05. The molecule has 1 atom stereocenters. The third-order valence-corrected chi connectivity index (χ3v) is 3.61. The van der Waals surface area contributed by atoms with Crippen molar-refractivity contribution in [3.63, 3.8) is 0 Å². The molecular formula is C16H16N4O4. The third kappa shape index (κ3) is 3.60. The summed E-state index contributed by atoms with van der Waals surface area (Å²) in [6.07, 6.45) is -0.125. The van der Waals surface area contributed by atoms with Gasteiger partial charge in [0.25, 0.3) is 5.91 Å². The molecule has 0 unspecified atom stereocenters. The number of carbonyl (C=O) groups excluding carboxylic acids is 3. The molecule has 3 rings (SSSR count). The number of aryl methyl sites for hydroxylation is 1. The number of amides is 4. The van der Waals surface area contributed by atoms with Gasteiger partial charge in [0.1, 0.15) is 11.7 Å². The third-order valence-electron chi connectivity index (χ3n) is 3.61. The molecule has 3 N–H and O–H groups in total. The van der Waals surface area contributed by atoms with Crippen LogP contribution in [0.5, 0.6) is 0 Å². The topological polar surface area (TPSA) is 113 Å². The average molecular weight is 328 g/mol. The number of rotatable bonds is 5. The molecule has 0 radical (unpaired) electrons. The minimum Gasteiger partial charge on any atom is -0.356 e. The summed E-state index contributed by atoms with van der Waals surface area (Å²) in [5.41, 5.74) is 2.61. The molecule has 24 heavy (non-hydrogen) atoms. The molecule has 8 nitrogen and oxygen atoms in total. The van der Waals surface area contributed by atoms with Crippen LogP contribution in [0.1, 0.15) is 17.7 Å². The van der Waals surface area contributed by atoms with E-state index in [1.54, 1.807) is 6.07 Å². The number of carbonyl (C=O) groups is 3. The Kier molecular flexibility index (Phi) is 4.28. The van der Waals surface area contributed by atoms with Gasteiger partial charge in [-0.1, -0.05) is 35.0 Å². The van der Waals surface area contributed by atoms with Crippen LogP contribution in [0.15, 0.2) is 34.9 Å². The van der Waals surface area contributed by atoms with E-state index < -0.39 is 18.0 Å². The Labute approximate surface area is 137 Å². The van der Waals surface area contributed by atoms with Crippen molar-refractivity contribution in [1.82, 2.24) is 21.1 Å². The van der Waals surface area contributed by atoms with Crippen molar-refractivity contribution in [2.45, 2.75) is 25.9 Å². The molecule has 2 heterocycles. The number of aromatic nitrogens is 1. The number of hydrogen-bond acceptors (Lipinski definition) is 5. The number of nitrogens with one attached hydrogen (secondary N) is 3. The summed E-state index contributed by atoms with van der Waals surface area (Å²) in [4.78, 5) is 34.2. The largest absolute Gasteiger partial charge is 0.356 e. The van der Waals surface area contributed by atoms with Gasteiger partial charge in [-0.15, -0.1) is 0 Å². The van der Waals surface area contributed by atoms with Crippen molar-refractivity contribution < 1.29 is 18.9 Å². The number of hydrogen-bond donors (Lipinski definition) is 3. The van der Waals surface area contributed by atoms with Crippen molar-refractivity contribution in [1.29, 1.82) is 0 Å². The Balaban J connectivity index is 1.53. The van der Waals surface area contributed by atoms with Crippen molar-refractivity contribution in [2.75, 3.05) is 0 Å². The van der Waals surface area contributed by atoms with E-state index in [-0.39, 0.29) is 18.9 Å². The minimum absolute atomic E-state index is 0.125. The molecule has 1 aromatic heterocycles. The number of benzene rings is 1. The molecule has 1 fully saturated rings. The van der Waals surface area contributed by atoms with Crippen LogP contribution in [0.25, 0.3) is 11.3 Å². The van der Waals surface area contributed by atoms with Crippen LogP contribution < -0.4 is 16.0 Å². The van der Waals surface area contributed by atoms with Crippen molar-refractivity contribution in [3.05, 3.63) is 41.6 Å². The highest BCUT2D eigenvalue weighted by Gasteiger charge is 2.31. The second-order valence-electron chi connectivity index (χ2n) is 5.54. The van der Waals surface area contributed by atoms with Gasteiger partial charge in [0.2, 0.25) is 5.91 Å². The zero-order valence-corrected chi connectivity index (χ0v) is 13.0. The van der Waals surface area contributed by atoms with Crippen molar-refractivity contribution in [2.24, 2.45) is 0 Å².